The maximum absolute atomic E-state index is 13.9. The Hall–Kier alpha value is -2.25. The lowest BCUT2D eigenvalue weighted by Gasteiger charge is -2.17. The summed E-state index contributed by atoms with van der Waals surface area (Å²) in [5.74, 6) is 3.11. The Labute approximate surface area is 175 Å². The van der Waals surface area contributed by atoms with Gasteiger partial charge >= 0.3 is 0 Å². The summed E-state index contributed by atoms with van der Waals surface area (Å²) in [6.07, 6.45) is 0. The zero-order valence-electron chi connectivity index (χ0n) is 15.3. The molecule has 0 fully saturated rings. The Balaban J connectivity index is 2.05. The highest BCUT2D eigenvalue weighted by molar-refractivity contribution is 7.72. The van der Waals surface area contributed by atoms with Gasteiger partial charge in [0.05, 0.1) is 10.1 Å². The Morgan fingerprint density at radius 1 is 0.750 bits per heavy atom. The first-order chi connectivity index (χ1) is 13.5. The number of rotatable bonds is 6. The first-order valence-electron chi connectivity index (χ1n) is 8.78. The lowest BCUT2D eigenvalue weighted by molar-refractivity contribution is 0.589. The van der Waals surface area contributed by atoms with E-state index in [0.29, 0.717) is 10.1 Å². The van der Waals surface area contributed by atoms with Crippen molar-refractivity contribution >= 4 is 46.2 Å². The van der Waals surface area contributed by atoms with Gasteiger partial charge in [-0.2, -0.15) is 0 Å². The van der Waals surface area contributed by atoms with Gasteiger partial charge < -0.3 is 5.09 Å². The molecule has 1 unspecified atom stereocenters. The Morgan fingerprint density at radius 3 is 1.64 bits per heavy atom. The van der Waals surface area contributed by atoms with E-state index in [-0.39, 0.29) is 0 Å². The summed E-state index contributed by atoms with van der Waals surface area (Å²) < 4.78 is 13.9. The molecular weight excluding hydrogens is 408 g/mol. The highest BCUT2D eigenvalue weighted by Crippen LogP contribution is 2.53. The zero-order valence-corrected chi connectivity index (χ0v) is 17.8. The number of hydrogen-bond acceptors (Lipinski definition) is 1. The maximum Gasteiger partial charge on any atom is 0.216 e. The first-order valence-corrected chi connectivity index (χ1v) is 11.4. The number of aryl methyl sites for hydroxylation is 1. The lowest BCUT2D eigenvalue weighted by atomic mass is 10.2. The van der Waals surface area contributed by atoms with Crippen LogP contribution in [0.15, 0.2) is 96.6 Å². The number of nitrogens with one attached hydrogen (secondary N) is 1. The Kier molecular flexibility index (Phi) is 6.80. The van der Waals surface area contributed by atoms with E-state index in [1.807, 2.05) is 91.9 Å². The van der Waals surface area contributed by atoms with Gasteiger partial charge in [-0.25, -0.2) is 0 Å². The van der Waals surface area contributed by atoms with Crippen molar-refractivity contribution in [1.82, 2.24) is 0 Å². The Bertz CT molecular complexity index is 987. The molecule has 0 aliphatic heterocycles. The molecule has 0 aromatic heterocycles. The van der Waals surface area contributed by atoms with E-state index >= 15 is 0 Å². The second-order valence-electron chi connectivity index (χ2n) is 6.32. The molecule has 0 aliphatic rings. The van der Waals surface area contributed by atoms with Gasteiger partial charge in [-0.3, -0.25) is 4.57 Å². The van der Waals surface area contributed by atoms with Crippen LogP contribution in [0.2, 0.25) is 0 Å². The fourth-order valence-corrected chi connectivity index (χ4v) is 5.59. The summed E-state index contributed by atoms with van der Waals surface area (Å²) in [7, 11) is -3.25. The average Bonchev–Trinajstić information content (AvgIpc) is 2.71. The van der Waals surface area contributed by atoms with Crippen LogP contribution in [0.5, 0.6) is 0 Å². The van der Waals surface area contributed by atoms with Gasteiger partial charge in [-0.1, -0.05) is 102 Å². The third-order valence-electron chi connectivity index (χ3n) is 4.15. The van der Waals surface area contributed by atoms with E-state index in [0.717, 1.165) is 22.4 Å². The highest BCUT2D eigenvalue weighted by atomic mass is 35.5. The molecule has 3 rings (SSSR count). The van der Waals surface area contributed by atoms with E-state index in [2.05, 4.69) is 5.09 Å². The normalized spacial score (nSPS) is 14.4. The topological polar surface area (TPSA) is 29.1 Å². The zero-order chi connectivity index (χ0) is 20.0. The van der Waals surface area contributed by atoms with Gasteiger partial charge in [-0.15, -0.1) is 0 Å². The number of hydrogen-bond donors (Lipinski definition) is 1. The minimum atomic E-state index is -3.25. The van der Waals surface area contributed by atoms with Crippen LogP contribution in [0.1, 0.15) is 16.7 Å². The minimum absolute atomic E-state index is 0.402. The average molecular weight is 428 g/mol. The van der Waals surface area contributed by atoms with Crippen LogP contribution in [0.3, 0.4) is 0 Å². The summed E-state index contributed by atoms with van der Waals surface area (Å²) in [6, 6.07) is 26.5. The van der Waals surface area contributed by atoms with Crippen LogP contribution in [0.4, 0.5) is 5.69 Å². The smallest absolute Gasteiger partial charge is 0.216 e. The van der Waals surface area contributed by atoms with E-state index in [1.54, 1.807) is 11.6 Å². The second-order valence-corrected chi connectivity index (χ2v) is 9.30. The molecule has 5 heteroatoms. The van der Waals surface area contributed by atoms with Gasteiger partial charge in [0.2, 0.25) is 7.29 Å². The van der Waals surface area contributed by atoms with E-state index in [4.69, 9.17) is 23.2 Å². The number of para-hydroxylation sites is 1. The molecule has 0 spiro atoms. The molecule has 3 aromatic rings. The molecule has 0 radical (unpaired) electrons. The predicted octanol–water partition coefficient (Wildman–Crippen LogP) is 8.16. The molecule has 0 aliphatic carbocycles. The highest BCUT2D eigenvalue weighted by Gasteiger charge is 2.20. The van der Waals surface area contributed by atoms with Crippen LogP contribution < -0.4 is 5.09 Å². The summed E-state index contributed by atoms with van der Waals surface area (Å²) in [5, 5.41) is 3.96. The molecule has 1 atom stereocenters. The van der Waals surface area contributed by atoms with Crippen molar-refractivity contribution in [2.24, 2.45) is 0 Å². The second kappa shape index (κ2) is 9.30. The molecule has 2 nitrogen and oxygen atoms in total. The van der Waals surface area contributed by atoms with E-state index in [9.17, 15) is 4.57 Å². The number of benzene rings is 3. The maximum atomic E-state index is 13.9. The molecule has 0 saturated heterocycles. The third kappa shape index (κ3) is 5.39. The molecule has 1 N–H and O–H groups in total. The minimum Gasteiger partial charge on any atom is -0.330 e. The van der Waals surface area contributed by atoms with Gasteiger partial charge in [-0.05, 0) is 29.7 Å². The summed E-state index contributed by atoms with van der Waals surface area (Å²) >= 11 is 13.0. The van der Waals surface area contributed by atoms with E-state index in [1.165, 1.54) is 0 Å². The van der Waals surface area contributed by atoms with Crippen molar-refractivity contribution in [2.45, 2.75) is 6.92 Å². The largest absolute Gasteiger partial charge is 0.330 e. The third-order valence-corrected chi connectivity index (χ3v) is 6.98. The summed E-state index contributed by atoms with van der Waals surface area (Å²) in [6.45, 7) is 1.96. The van der Waals surface area contributed by atoms with Crippen LogP contribution in [0, 0.1) is 6.92 Å². The van der Waals surface area contributed by atoms with Gasteiger partial charge in [0, 0.05) is 17.3 Å². The molecule has 3 aromatic carbocycles. The lowest BCUT2D eigenvalue weighted by Crippen LogP contribution is -1.96. The van der Waals surface area contributed by atoms with Crippen molar-refractivity contribution in [1.29, 1.82) is 0 Å². The summed E-state index contributed by atoms with van der Waals surface area (Å²) in [5.41, 5.74) is 3.34. The van der Waals surface area contributed by atoms with Crippen LogP contribution >= 0.6 is 30.5 Å². The van der Waals surface area contributed by atoms with Gasteiger partial charge in [0.15, 0.2) is 0 Å². The molecule has 0 bridgehead atoms. The SMILES string of the molecule is Cc1ccccc1NP(=O)(C=C(Cl)c1ccccc1)/C=C(\Cl)c1ccccc1. The van der Waals surface area contributed by atoms with Gasteiger partial charge in [0.25, 0.3) is 0 Å². The molecule has 0 saturated carbocycles. The van der Waals surface area contributed by atoms with Crippen molar-refractivity contribution < 1.29 is 4.57 Å². The fraction of sp³-hybridized carbons (Fsp3) is 0.0435. The van der Waals surface area contributed by atoms with Crippen LogP contribution in [-0.4, -0.2) is 0 Å². The fourth-order valence-electron chi connectivity index (χ4n) is 2.67. The van der Waals surface area contributed by atoms with Crippen LogP contribution in [0.25, 0.3) is 10.1 Å². The number of anilines is 1. The standard InChI is InChI=1S/C23H20Cl2NOP/c1-18-10-8-9-15-23(18)26-28(27,16-21(24)19-11-4-2-5-12-19)17-22(25)20-13-6-3-7-14-20/h2-17H,1H3,(H,26,27)/b21-16-,22-17?. The first kappa shape index (κ1) is 20.5. The molecule has 0 amide bonds. The van der Waals surface area contributed by atoms with Crippen LogP contribution in [-0.2, 0) is 4.57 Å². The van der Waals surface area contributed by atoms with Crippen molar-refractivity contribution in [3.8, 4) is 0 Å². The van der Waals surface area contributed by atoms with Crippen molar-refractivity contribution in [3.05, 3.63) is 113 Å². The van der Waals surface area contributed by atoms with Crippen molar-refractivity contribution in [2.75, 3.05) is 5.09 Å². The molecule has 28 heavy (non-hydrogen) atoms. The van der Waals surface area contributed by atoms with Crippen molar-refractivity contribution in [3.63, 3.8) is 0 Å². The Morgan fingerprint density at radius 2 is 1.18 bits per heavy atom. The molecule has 0 heterocycles. The monoisotopic (exact) mass is 427 g/mol. The quantitative estimate of drug-likeness (QED) is 0.401. The number of halogens is 2. The molecular formula is C23H20Cl2NOP. The molecule has 142 valence electrons. The predicted molar refractivity (Wildman–Crippen MR) is 123 cm³/mol. The van der Waals surface area contributed by atoms with E-state index < -0.39 is 7.29 Å². The summed E-state index contributed by atoms with van der Waals surface area (Å²) in [4.78, 5) is 0. The van der Waals surface area contributed by atoms with Gasteiger partial charge in [0.1, 0.15) is 0 Å².